The van der Waals surface area contributed by atoms with E-state index in [2.05, 4.69) is 14.8 Å². The van der Waals surface area contributed by atoms with Gasteiger partial charge in [0.2, 0.25) is 12.0 Å². The maximum Gasteiger partial charge on any atom is 0.349 e. The van der Waals surface area contributed by atoms with Crippen LogP contribution in [0, 0.1) is 0 Å². The van der Waals surface area contributed by atoms with Gasteiger partial charge in [-0.25, -0.2) is 4.79 Å². The Kier molecular flexibility index (Phi) is 5.28. The molecule has 0 aliphatic heterocycles. The summed E-state index contributed by atoms with van der Waals surface area (Å²) in [6.45, 7) is 2.38. The number of nitrogens with one attached hydrogen (secondary N) is 1. The summed E-state index contributed by atoms with van der Waals surface area (Å²) < 4.78 is 9.00. The summed E-state index contributed by atoms with van der Waals surface area (Å²) in [4.78, 5) is 32.1. The molecule has 0 saturated carbocycles. The number of methoxy groups -OCH3 is 1. The summed E-state index contributed by atoms with van der Waals surface area (Å²) in [5, 5.41) is 2.35. The number of ether oxygens (including phenoxy) is 2. The van der Waals surface area contributed by atoms with E-state index in [4.69, 9.17) is 0 Å². The van der Waals surface area contributed by atoms with Gasteiger partial charge in [0.1, 0.15) is 0 Å². The van der Waals surface area contributed by atoms with Crippen molar-refractivity contribution in [2.45, 2.75) is 20.0 Å². The molecule has 6 nitrogen and oxygen atoms in total. The van der Waals surface area contributed by atoms with Gasteiger partial charge >= 0.3 is 11.9 Å². The van der Waals surface area contributed by atoms with E-state index in [1.54, 1.807) is 0 Å². The Bertz CT molecular complexity index is 238. The zero-order chi connectivity index (χ0) is 11.1. The third-order valence-corrected chi connectivity index (χ3v) is 1.31. The number of rotatable bonds is 4. The molecule has 0 aliphatic carbocycles. The highest BCUT2D eigenvalue weighted by Crippen LogP contribution is 1.94. The summed E-state index contributed by atoms with van der Waals surface area (Å²) in [7, 11) is 1.17. The van der Waals surface area contributed by atoms with E-state index < -0.39 is 18.0 Å². The second kappa shape index (κ2) is 5.95. The standard InChI is InChI=1S/C8H13NO5/c1-5(10)9-4-7(8(12)13-3)14-6(2)11/h7H,4H2,1-3H3,(H,9,10)/t7-/m1/s1. The molecule has 0 aromatic rings. The van der Waals surface area contributed by atoms with Crippen LogP contribution in [0.2, 0.25) is 0 Å². The lowest BCUT2D eigenvalue weighted by Gasteiger charge is -2.14. The van der Waals surface area contributed by atoms with Crippen LogP contribution in [0.3, 0.4) is 0 Å². The Morgan fingerprint density at radius 1 is 1.29 bits per heavy atom. The smallest absolute Gasteiger partial charge is 0.349 e. The molecule has 0 rings (SSSR count). The van der Waals surface area contributed by atoms with E-state index in [1.807, 2.05) is 0 Å². The van der Waals surface area contributed by atoms with E-state index in [0.29, 0.717) is 0 Å². The topological polar surface area (TPSA) is 81.7 Å². The monoisotopic (exact) mass is 203 g/mol. The summed E-state index contributed by atoms with van der Waals surface area (Å²) in [5.74, 6) is -1.62. The van der Waals surface area contributed by atoms with E-state index in [0.717, 1.165) is 0 Å². The van der Waals surface area contributed by atoms with Crippen molar-refractivity contribution < 1.29 is 23.9 Å². The van der Waals surface area contributed by atoms with Crippen molar-refractivity contribution in [1.82, 2.24) is 5.32 Å². The Balaban J connectivity index is 4.17. The third-order valence-electron chi connectivity index (χ3n) is 1.31. The second-order valence-electron chi connectivity index (χ2n) is 2.56. The largest absolute Gasteiger partial charge is 0.466 e. The average molecular weight is 203 g/mol. The maximum absolute atomic E-state index is 11.0. The first-order valence-electron chi connectivity index (χ1n) is 3.97. The van der Waals surface area contributed by atoms with Gasteiger partial charge in [-0.2, -0.15) is 0 Å². The fraction of sp³-hybridized carbons (Fsp3) is 0.625. The van der Waals surface area contributed by atoms with Crippen LogP contribution in [0.15, 0.2) is 0 Å². The predicted molar refractivity (Wildman–Crippen MR) is 46.3 cm³/mol. The first kappa shape index (κ1) is 12.4. The molecule has 0 saturated heterocycles. The van der Waals surface area contributed by atoms with Gasteiger partial charge in [0, 0.05) is 13.8 Å². The van der Waals surface area contributed by atoms with Crippen molar-refractivity contribution in [3.63, 3.8) is 0 Å². The SMILES string of the molecule is COC(=O)[C@@H](CNC(C)=O)OC(C)=O. The van der Waals surface area contributed by atoms with Crippen LogP contribution >= 0.6 is 0 Å². The zero-order valence-corrected chi connectivity index (χ0v) is 8.33. The van der Waals surface area contributed by atoms with Gasteiger partial charge in [-0.05, 0) is 0 Å². The Hall–Kier alpha value is -1.59. The quantitative estimate of drug-likeness (QED) is 0.606. The van der Waals surface area contributed by atoms with Crippen LogP contribution in [0.4, 0.5) is 0 Å². The number of amides is 1. The van der Waals surface area contributed by atoms with Crippen LogP contribution in [-0.2, 0) is 23.9 Å². The molecule has 0 spiro atoms. The second-order valence-corrected chi connectivity index (χ2v) is 2.56. The Labute approximate surface area is 81.6 Å². The number of hydrogen-bond donors (Lipinski definition) is 1. The minimum absolute atomic E-state index is 0.0818. The van der Waals surface area contributed by atoms with Crippen molar-refractivity contribution in [3.8, 4) is 0 Å². The normalized spacial score (nSPS) is 11.4. The molecule has 6 heteroatoms. The number of carbonyl (C=O) groups excluding carboxylic acids is 3. The summed E-state index contributed by atoms with van der Waals surface area (Å²) in [6, 6.07) is 0. The molecule has 0 aliphatic rings. The molecule has 0 aromatic carbocycles. The Morgan fingerprint density at radius 3 is 2.21 bits per heavy atom. The molecule has 0 heterocycles. The molecular formula is C8H13NO5. The highest BCUT2D eigenvalue weighted by atomic mass is 16.6. The van der Waals surface area contributed by atoms with Crippen LogP contribution in [0.1, 0.15) is 13.8 Å². The van der Waals surface area contributed by atoms with Crippen molar-refractivity contribution in [2.75, 3.05) is 13.7 Å². The van der Waals surface area contributed by atoms with Gasteiger partial charge in [0.25, 0.3) is 0 Å². The van der Waals surface area contributed by atoms with Crippen LogP contribution in [-0.4, -0.2) is 37.6 Å². The molecule has 1 N–H and O–H groups in total. The van der Waals surface area contributed by atoms with Crippen LogP contribution in [0.5, 0.6) is 0 Å². The molecule has 1 atom stereocenters. The molecule has 14 heavy (non-hydrogen) atoms. The minimum atomic E-state index is -1.08. The maximum atomic E-state index is 11.0. The predicted octanol–water partition coefficient (Wildman–Crippen LogP) is -0.773. The number of hydrogen-bond acceptors (Lipinski definition) is 5. The summed E-state index contributed by atoms with van der Waals surface area (Å²) in [6.07, 6.45) is -1.08. The van der Waals surface area contributed by atoms with Gasteiger partial charge in [0.15, 0.2) is 0 Å². The zero-order valence-electron chi connectivity index (χ0n) is 8.33. The molecule has 0 fully saturated rings. The van der Waals surface area contributed by atoms with Crippen LogP contribution in [0.25, 0.3) is 0 Å². The third kappa shape index (κ3) is 5.13. The van der Waals surface area contributed by atoms with E-state index in [1.165, 1.54) is 21.0 Å². The molecule has 0 bridgehead atoms. The first-order chi connectivity index (χ1) is 6.47. The van der Waals surface area contributed by atoms with Gasteiger partial charge in [-0.3, -0.25) is 9.59 Å². The minimum Gasteiger partial charge on any atom is -0.466 e. The highest BCUT2D eigenvalue weighted by Gasteiger charge is 2.22. The lowest BCUT2D eigenvalue weighted by molar-refractivity contribution is -0.164. The molecule has 80 valence electrons. The van der Waals surface area contributed by atoms with Gasteiger partial charge in [0.05, 0.1) is 13.7 Å². The first-order valence-corrected chi connectivity index (χ1v) is 3.97. The molecule has 0 unspecified atom stereocenters. The van der Waals surface area contributed by atoms with Crippen molar-refractivity contribution in [3.05, 3.63) is 0 Å². The summed E-state index contributed by atoms with van der Waals surface area (Å²) >= 11 is 0. The van der Waals surface area contributed by atoms with Gasteiger partial charge in [-0.1, -0.05) is 0 Å². The van der Waals surface area contributed by atoms with E-state index >= 15 is 0 Å². The van der Waals surface area contributed by atoms with Gasteiger partial charge in [-0.15, -0.1) is 0 Å². The van der Waals surface area contributed by atoms with Gasteiger partial charge < -0.3 is 14.8 Å². The lowest BCUT2D eigenvalue weighted by atomic mass is 10.3. The average Bonchev–Trinajstić information content (AvgIpc) is 2.10. The van der Waals surface area contributed by atoms with Crippen LogP contribution < -0.4 is 5.32 Å². The number of carbonyl (C=O) groups is 3. The number of esters is 2. The molecular weight excluding hydrogens is 190 g/mol. The highest BCUT2D eigenvalue weighted by molar-refractivity contribution is 5.80. The van der Waals surface area contributed by atoms with Crippen molar-refractivity contribution >= 4 is 17.8 Å². The summed E-state index contributed by atoms with van der Waals surface area (Å²) in [5.41, 5.74) is 0. The fourth-order valence-electron chi connectivity index (χ4n) is 0.741. The molecule has 0 aromatic heterocycles. The molecule has 1 amide bonds. The van der Waals surface area contributed by atoms with Crippen molar-refractivity contribution in [1.29, 1.82) is 0 Å². The molecule has 0 radical (unpaired) electrons. The van der Waals surface area contributed by atoms with Crippen molar-refractivity contribution in [2.24, 2.45) is 0 Å². The fourth-order valence-corrected chi connectivity index (χ4v) is 0.741. The lowest BCUT2D eigenvalue weighted by Crippen LogP contribution is -2.39. The Morgan fingerprint density at radius 2 is 1.86 bits per heavy atom. The van der Waals surface area contributed by atoms with E-state index in [9.17, 15) is 14.4 Å². The van der Waals surface area contributed by atoms with E-state index in [-0.39, 0.29) is 12.5 Å².